The van der Waals surface area contributed by atoms with E-state index < -0.39 is 30.1 Å². The third kappa shape index (κ3) is 7.40. The van der Waals surface area contributed by atoms with E-state index in [1.54, 1.807) is 20.8 Å². The number of rotatable bonds is 5. The Bertz CT molecular complexity index is 346. The molecular weight excluding hydrogens is 276 g/mol. The van der Waals surface area contributed by atoms with E-state index in [4.69, 9.17) is 14.6 Å². The minimum atomic E-state index is -0.753. The number of aliphatic hydroxyl groups is 1. The lowest BCUT2D eigenvalue weighted by molar-refractivity contribution is -0.124. The van der Waals surface area contributed by atoms with Crippen LogP contribution < -0.4 is 10.6 Å². The predicted octanol–water partition coefficient (Wildman–Crippen LogP) is 0.415. The summed E-state index contributed by atoms with van der Waals surface area (Å²) in [6.07, 6.45) is 0.632. The van der Waals surface area contributed by atoms with E-state index >= 15 is 0 Å². The molecule has 21 heavy (non-hydrogen) atoms. The first kappa shape index (κ1) is 17.9. The van der Waals surface area contributed by atoms with Crippen LogP contribution in [0.2, 0.25) is 0 Å². The molecule has 2 atom stereocenters. The highest BCUT2D eigenvalue weighted by atomic mass is 16.6. The van der Waals surface area contributed by atoms with Gasteiger partial charge in [0.15, 0.2) is 5.78 Å². The van der Waals surface area contributed by atoms with E-state index in [9.17, 15) is 9.59 Å². The van der Waals surface area contributed by atoms with Gasteiger partial charge in [0, 0.05) is 0 Å². The lowest BCUT2D eigenvalue weighted by Crippen LogP contribution is -2.45. The highest BCUT2D eigenvalue weighted by Gasteiger charge is 2.27. The molecule has 1 rings (SSSR count). The Balaban J connectivity index is 2.58. The Morgan fingerprint density at radius 1 is 1.48 bits per heavy atom. The summed E-state index contributed by atoms with van der Waals surface area (Å²) in [5.41, 5.74) is -0.633. The van der Waals surface area contributed by atoms with Crippen LogP contribution in [0, 0.1) is 5.92 Å². The smallest absolute Gasteiger partial charge is 0.408 e. The van der Waals surface area contributed by atoms with Gasteiger partial charge in [0.05, 0.1) is 19.4 Å². The number of carbonyl (C=O) groups excluding carboxylic acids is 2. The highest BCUT2D eigenvalue weighted by Crippen LogP contribution is 2.15. The molecule has 0 aromatic heterocycles. The first-order valence-electron chi connectivity index (χ1n) is 7.23. The van der Waals surface area contributed by atoms with Crippen molar-refractivity contribution in [3.8, 4) is 0 Å². The first-order chi connectivity index (χ1) is 9.81. The maximum Gasteiger partial charge on any atom is 0.408 e. The Hall–Kier alpha value is -1.18. The normalized spacial score (nSPS) is 21.2. The number of hydrogen-bond donors (Lipinski definition) is 3. The summed E-state index contributed by atoms with van der Waals surface area (Å²) >= 11 is 0. The van der Waals surface area contributed by atoms with Crippen LogP contribution in [0.1, 0.15) is 33.6 Å². The second-order valence-electron chi connectivity index (χ2n) is 6.23. The fraction of sp³-hybridized carbons (Fsp3) is 0.857. The van der Waals surface area contributed by atoms with E-state index in [2.05, 4.69) is 10.6 Å². The maximum atomic E-state index is 11.8. The number of carbonyl (C=O) groups is 2. The minimum Gasteiger partial charge on any atom is -0.444 e. The molecule has 1 fully saturated rings. The third-order valence-corrected chi connectivity index (χ3v) is 3.09. The van der Waals surface area contributed by atoms with Gasteiger partial charge in [-0.1, -0.05) is 0 Å². The van der Waals surface area contributed by atoms with Gasteiger partial charge in [0.25, 0.3) is 0 Å². The molecule has 1 aliphatic rings. The standard InChI is InChI=1S/C14H26N2O5/c1-14(2,3)21-13(19)16-11(12(18)7-17)6-10-4-5-15-9-20-8-10/h10-11,15,17H,4-9H2,1-3H3,(H,16,19)/t10-,11-/m0/s1. The highest BCUT2D eigenvalue weighted by molar-refractivity contribution is 5.88. The van der Waals surface area contributed by atoms with Gasteiger partial charge in [-0.3, -0.25) is 10.1 Å². The molecule has 0 aromatic carbocycles. The number of hydrogen-bond acceptors (Lipinski definition) is 6. The second-order valence-corrected chi connectivity index (χ2v) is 6.23. The number of nitrogens with one attached hydrogen (secondary N) is 2. The van der Waals surface area contributed by atoms with E-state index in [1.807, 2.05) is 0 Å². The third-order valence-electron chi connectivity index (χ3n) is 3.09. The molecule has 1 aliphatic heterocycles. The summed E-state index contributed by atoms with van der Waals surface area (Å²) in [7, 11) is 0. The number of Topliss-reactive ketones (excluding diaryl/α,β-unsaturated/α-hetero) is 1. The molecule has 0 bridgehead atoms. The van der Waals surface area contributed by atoms with Crippen LogP contribution in [0.5, 0.6) is 0 Å². The van der Waals surface area contributed by atoms with E-state index in [0.717, 1.165) is 13.0 Å². The average molecular weight is 302 g/mol. The molecule has 0 unspecified atom stereocenters. The zero-order valence-electron chi connectivity index (χ0n) is 13.0. The first-order valence-corrected chi connectivity index (χ1v) is 7.23. The molecule has 0 aliphatic carbocycles. The summed E-state index contributed by atoms with van der Waals surface area (Å²) in [6.45, 7) is 6.47. The number of aliphatic hydroxyl groups excluding tert-OH is 1. The molecule has 0 saturated carbocycles. The van der Waals surface area contributed by atoms with Crippen LogP contribution in [0.25, 0.3) is 0 Å². The molecule has 1 saturated heterocycles. The van der Waals surface area contributed by atoms with Crippen LogP contribution in [0.15, 0.2) is 0 Å². The van der Waals surface area contributed by atoms with Crippen molar-refractivity contribution in [2.24, 2.45) is 5.92 Å². The summed E-state index contributed by atoms with van der Waals surface area (Å²) < 4.78 is 10.5. The predicted molar refractivity (Wildman–Crippen MR) is 76.8 cm³/mol. The zero-order chi connectivity index (χ0) is 15.9. The number of ketones is 1. The van der Waals surface area contributed by atoms with Crippen LogP contribution in [0.3, 0.4) is 0 Å². The quantitative estimate of drug-likeness (QED) is 0.681. The van der Waals surface area contributed by atoms with Gasteiger partial charge >= 0.3 is 6.09 Å². The monoisotopic (exact) mass is 302 g/mol. The Morgan fingerprint density at radius 3 is 2.81 bits per heavy atom. The van der Waals surface area contributed by atoms with E-state index in [1.165, 1.54) is 0 Å². The van der Waals surface area contributed by atoms with Crippen LogP contribution in [0.4, 0.5) is 4.79 Å². The van der Waals surface area contributed by atoms with Crippen molar-refractivity contribution in [2.75, 3.05) is 26.5 Å². The maximum absolute atomic E-state index is 11.8. The Kier molecular flexibility index (Phi) is 7.07. The van der Waals surface area contributed by atoms with Crippen LogP contribution >= 0.6 is 0 Å². The number of amides is 1. The van der Waals surface area contributed by atoms with Gasteiger partial charge in [-0.05, 0) is 46.1 Å². The summed E-state index contributed by atoms with van der Waals surface area (Å²) in [5, 5.41) is 14.7. The molecular formula is C14H26N2O5. The molecule has 3 N–H and O–H groups in total. The van der Waals surface area contributed by atoms with Gasteiger partial charge in [0.1, 0.15) is 12.2 Å². The van der Waals surface area contributed by atoms with Crippen molar-refractivity contribution in [1.29, 1.82) is 0 Å². The molecule has 7 nitrogen and oxygen atoms in total. The van der Waals surface area contributed by atoms with Gasteiger partial charge in [-0.15, -0.1) is 0 Å². The topological polar surface area (TPSA) is 96.9 Å². The minimum absolute atomic E-state index is 0.149. The molecule has 1 heterocycles. The van der Waals surface area contributed by atoms with Crippen molar-refractivity contribution in [1.82, 2.24) is 10.6 Å². The van der Waals surface area contributed by atoms with Gasteiger partial charge in [0.2, 0.25) is 0 Å². The molecule has 0 aromatic rings. The van der Waals surface area contributed by atoms with Gasteiger partial charge < -0.3 is 19.9 Å². The molecule has 7 heteroatoms. The van der Waals surface area contributed by atoms with Crippen molar-refractivity contribution < 1.29 is 24.2 Å². The summed E-state index contributed by atoms with van der Waals surface area (Å²) in [6, 6.07) is -0.753. The number of alkyl carbamates (subject to hydrolysis) is 1. The molecule has 122 valence electrons. The van der Waals surface area contributed by atoms with Crippen molar-refractivity contribution >= 4 is 11.9 Å². The fourth-order valence-electron chi connectivity index (χ4n) is 2.11. The number of ether oxygens (including phenoxy) is 2. The molecule has 0 radical (unpaired) electrons. The molecule has 1 amide bonds. The Morgan fingerprint density at radius 2 is 2.19 bits per heavy atom. The second kappa shape index (κ2) is 8.31. The average Bonchev–Trinajstić information content (AvgIpc) is 2.63. The van der Waals surface area contributed by atoms with E-state index in [-0.39, 0.29) is 5.92 Å². The van der Waals surface area contributed by atoms with Crippen molar-refractivity contribution in [3.05, 3.63) is 0 Å². The van der Waals surface area contributed by atoms with Crippen molar-refractivity contribution in [3.63, 3.8) is 0 Å². The summed E-state index contributed by atoms with van der Waals surface area (Å²) in [4.78, 5) is 23.6. The van der Waals surface area contributed by atoms with Gasteiger partial charge in [-0.25, -0.2) is 4.79 Å². The van der Waals surface area contributed by atoms with Gasteiger partial charge in [-0.2, -0.15) is 0 Å². The lowest BCUT2D eigenvalue weighted by Gasteiger charge is -2.24. The summed E-state index contributed by atoms with van der Waals surface area (Å²) in [5.74, 6) is -0.270. The van der Waals surface area contributed by atoms with E-state index in [0.29, 0.717) is 19.8 Å². The largest absolute Gasteiger partial charge is 0.444 e. The molecule has 0 spiro atoms. The Labute approximate surface area is 125 Å². The zero-order valence-corrected chi connectivity index (χ0v) is 13.0. The fourth-order valence-corrected chi connectivity index (χ4v) is 2.11. The lowest BCUT2D eigenvalue weighted by atomic mass is 9.95. The van der Waals surface area contributed by atoms with Crippen LogP contribution in [-0.4, -0.2) is 55.1 Å². The van der Waals surface area contributed by atoms with Crippen LogP contribution in [-0.2, 0) is 14.3 Å². The SMILES string of the molecule is CC(C)(C)OC(=O)N[C@@H](C[C@@H]1CCNCOC1)C(=O)CO. The van der Waals surface area contributed by atoms with Crippen molar-refractivity contribution in [2.45, 2.75) is 45.3 Å².